The molecule has 9 heteroatoms. The molecule has 0 radical (unpaired) electrons. The standard InChI is InChI=1S/C20H18F2N2O5/c21-20(22)29-16-9-7-15(8-10-16)24-18(26)13-28-19(27)12-23-17(25)11-6-14-4-2-1-3-5-14/h1-11,20H,12-13H2,(H,23,25)(H,24,26)/b11-6+. The highest BCUT2D eigenvalue weighted by Gasteiger charge is 2.09. The predicted octanol–water partition coefficient (Wildman–Crippen LogP) is 2.60. The van der Waals surface area contributed by atoms with Crippen molar-refractivity contribution in [3.8, 4) is 5.75 Å². The molecule has 0 bridgehead atoms. The van der Waals surface area contributed by atoms with Crippen molar-refractivity contribution < 1.29 is 32.6 Å². The number of hydrogen-bond acceptors (Lipinski definition) is 5. The van der Waals surface area contributed by atoms with Gasteiger partial charge in [0, 0.05) is 11.8 Å². The van der Waals surface area contributed by atoms with Crippen LogP contribution in [0, 0.1) is 0 Å². The molecule has 29 heavy (non-hydrogen) atoms. The van der Waals surface area contributed by atoms with Gasteiger partial charge in [-0.2, -0.15) is 8.78 Å². The minimum absolute atomic E-state index is 0.0542. The van der Waals surface area contributed by atoms with Crippen LogP contribution >= 0.6 is 0 Å². The third-order valence-electron chi connectivity index (χ3n) is 3.36. The van der Waals surface area contributed by atoms with Crippen LogP contribution in [0.25, 0.3) is 6.08 Å². The second-order valence-corrected chi connectivity index (χ2v) is 5.57. The summed E-state index contributed by atoms with van der Waals surface area (Å²) in [4.78, 5) is 35.0. The summed E-state index contributed by atoms with van der Waals surface area (Å²) in [5, 5.41) is 4.76. The van der Waals surface area contributed by atoms with E-state index in [0.717, 1.165) is 5.56 Å². The maximum Gasteiger partial charge on any atom is 0.387 e. The van der Waals surface area contributed by atoms with Crippen molar-refractivity contribution in [2.75, 3.05) is 18.5 Å². The number of amides is 2. The van der Waals surface area contributed by atoms with Crippen molar-refractivity contribution in [2.24, 2.45) is 0 Å². The number of nitrogens with one attached hydrogen (secondary N) is 2. The Bertz CT molecular complexity index is 855. The molecule has 0 aliphatic carbocycles. The second kappa shape index (κ2) is 11.2. The molecule has 2 N–H and O–H groups in total. The van der Waals surface area contributed by atoms with E-state index in [1.807, 2.05) is 30.3 Å². The number of esters is 1. The van der Waals surface area contributed by atoms with E-state index < -0.39 is 37.5 Å². The molecule has 0 atom stereocenters. The Morgan fingerprint density at radius 3 is 2.34 bits per heavy atom. The molecule has 0 spiro atoms. The number of anilines is 1. The number of benzene rings is 2. The molecule has 0 fully saturated rings. The molecule has 0 aliphatic rings. The number of carbonyl (C=O) groups excluding carboxylic acids is 3. The molecule has 2 aromatic rings. The maximum absolute atomic E-state index is 12.1. The number of rotatable bonds is 9. The van der Waals surface area contributed by atoms with E-state index in [1.54, 1.807) is 6.08 Å². The average Bonchev–Trinajstić information content (AvgIpc) is 2.71. The van der Waals surface area contributed by atoms with Crippen molar-refractivity contribution in [3.63, 3.8) is 0 Å². The van der Waals surface area contributed by atoms with Gasteiger partial charge in [-0.15, -0.1) is 0 Å². The molecule has 2 amide bonds. The first-order valence-corrected chi connectivity index (χ1v) is 8.43. The lowest BCUT2D eigenvalue weighted by Gasteiger charge is -2.08. The minimum atomic E-state index is -2.94. The Kier molecular flexibility index (Phi) is 8.30. The number of alkyl halides is 2. The predicted molar refractivity (Wildman–Crippen MR) is 101 cm³/mol. The fraction of sp³-hybridized carbons (Fsp3) is 0.150. The van der Waals surface area contributed by atoms with E-state index in [9.17, 15) is 23.2 Å². The summed E-state index contributed by atoms with van der Waals surface area (Å²) in [5.41, 5.74) is 1.14. The number of halogens is 2. The Morgan fingerprint density at radius 2 is 1.69 bits per heavy atom. The van der Waals surface area contributed by atoms with Gasteiger partial charge in [-0.3, -0.25) is 14.4 Å². The highest BCUT2D eigenvalue weighted by molar-refractivity contribution is 5.95. The average molecular weight is 404 g/mol. The van der Waals surface area contributed by atoms with Gasteiger partial charge < -0.3 is 20.1 Å². The molecule has 2 aromatic carbocycles. The highest BCUT2D eigenvalue weighted by atomic mass is 19.3. The summed E-state index contributed by atoms with van der Waals surface area (Å²) in [6, 6.07) is 14.4. The van der Waals surface area contributed by atoms with Crippen LogP contribution < -0.4 is 15.4 Å². The Balaban J connectivity index is 1.67. The third kappa shape index (κ3) is 8.65. The minimum Gasteiger partial charge on any atom is -0.454 e. The Morgan fingerprint density at radius 1 is 1.00 bits per heavy atom. The molecule has 7 nitrogen and oxygen atoms in total. The zero-order valence-electron chi connectivity index (χ0n) is 15.1. The molecular weight excluding hydrogens is 386 g/mol. The number of carbonyl (C=O) groups is 3. The normalized spacial score (nSPS) is 10.6. The summed E-state index contributed by atoms with van der Waals surface area (Å²) in [6.45, 7) is -3.90. The van der Waals surface area contributed by atoms with E-state index in [4.69, 9.17) is 4.74 Å². The lowest BCUT2D eigenvalue weighted by molar-refractivity contribution is -0.146. The third-order valence-corrected chi connectivity index (χ3v) is 3.36. The van der Waals surface area contributed by atoms with Gasteiger partial charge in [-0.1, -0.05) is 30.3 Å². The molecule has 0 saturated heterocycles. The number of hydrogen-bond donors (Lipinski definition) is 2. The first kappa shape index (κ1) is 21.5. The molecule has 0 aromatic heterocycles. The summed E-state index contributed by atoms with van der Waals surface area (Å²) in [6.07, 6.45) is 2.86. The van der Waals surface area contributed by atoms with Gasteiger partial charge in [0.1, 0.15) is 12.3 Å². The van der Waals surface area contributed by atoms with Gasteiger partial charge in [-0.05, 0) is 35.9 Å². The van der Waals surface area contributed by atoms with Gasteiger partial charge in [0.05, 0.1) is 0 Å². The van der Waals surface area contributed by atoms with Gasteiger partial charge in [0.25, 0.3) is 5.91 Å². The number of ether oxygens (including phenoxy) is 2. The first-order valence-electron chi connectivity index (χ1n) is 8.43. The molecular formula is C20H18F2N2O5. The quantitative estimate of drug-likeness (QED) is 0.495. The van der Waals surface area contributed by atoms with Crippen LogP contribution in [0.2, 0.25) is 0 Å². The zero-order chi connectivity index (χ0) is 21.1. The lowest BCUT2D eigenvalue weighted by Crippen LogP contribution is -2.31. The van der Waals surface area contributed by atoms with E-state index in [-0.39, 0.29) is 5.75 Å². The summed E-state index contributed by atoms with van der Waals surface area (Å²) < 4.78 is 33.1. The molecule has 2 rings (SSSR count). The fourth-order valence-electron chi connectivity index (χ4n) is 2.07. The van der Waals surface area contributed by atoms with Crippen LogP contribution in [0.5, 0.6) is 5.75 Å². The topological polar surface area (TPSA) is 93.7 Å². The van der Waals surface area contributed by atoms with E-state index in [1.165, 1.54) is 30.3 Å². The summed E-state index contributed by atoms with van der Waals surface area (Å²) >= 11 is 0. The van der Waals surface area contributed by atoms with Gasteiger partial charge in [-0.25, -0.2) is 0 Å². The Labute approximate surface area is 165 Å². The second-order valence-electron chi connectivity index (χ2n) is 5.57. The van der Waals surface area contributed by atoms with E-state index in [2.05, 4.69) is 15.4 Å². The largest absolute Gasteiger partial charge is 0.454 e. The fourth-order valence-corrected chi connectivity index (χ4v) is 2.07. The van der Waals surface area contributed by atoms with E-state index >= 15 is 0 Å². The molecule has 0 aliphatic heterocycles. The monoisotopic (exact) mass is 404 g/mol. The van der Waals surface area contributed by atoms with Crippen molar-refractivity contribution in [1.29, 1.82) is 0 Å². The van der Waals surface area contributed by atoms with Gasteiger partial charge >= 0.3 is 12.6 Å². The van der Waals surface area contributed by atoms with Crippen molar-refractivity contribution in [2.45, 2.75) is 6.61 Å². The SMILES string of the molecule is O=C(/C=C/c1ccccc1)NCC(=O)OCC(=O)Nc1ccc(OC(F)F)cc1. The van der Waals surface area contributed by atoms with Crippen LogP contribution in [0.4, 0.5) is 14.5 Å². The molecule has 0 heterocycles. The highest BCUT2D eigenvalue weighted by Crippen LogP contribution is 2.17. The smallest absolute Gasteiger partial charge is 0.387 e. The van der Waals surface area contributed by atoms with Crippen LogP contribution in [0.15, 0.2) is 60.7 Å². The lowest BCUT2D eigenvalue weighted by atomic mass is 10.2. The van der Waals surface area contributed by atoms with E-state index in [0.29, 0.717) is 5.69 Å². The van der Waals surface area contributed by atoms with Crippen molar-refractivity contribution >= 4 is 29.5 Å². The first-order chi connectivity index (χ1) is 13.9. The van der Waals surface area contributed by atoms with Crippen LogP contribution in [0.3, 0.4) is 0 Å². The van der Waals surface area contributed by atoms with Gasteiger partial charge in [0.2, 0.25) is 5.91 Å². The van der Waals surface area contributed by atoms with Crippen molar-refractivity contribution in [3.05, 3.63) is 66.2 Å². The summed E-state index contributed by atoms with van der Waals surface area (Å²) in [7, 11) is 0. The van der Waals surface area contributed by atoms with Gasteiger partial charge in [0.15, 0.2) is 6.61 Å². The summed E-state index contributed by atoms with van der Waals surface area (Å²) in [5.74, 6) is -1.96. The zero-order valence-corrected chi connectivity index (χ0v) is 15.1. The maximum atomic E-state index is 12.1. The molecule has 152 valence electrons. The molecule has 0 unspecified atom stereocenters. The van der Waals surface area contributed by atoms with Crippen LogP contribution in [-0.2, 0) is 19.1 Å². The van der Waals surface area contributed by atoms with Crippen molar-refractivity contribution in [1.82, 2.24) is 5.32 Å². The van der Waals surface area contributed by atoms with Crippen LogP contribution in [-0.4, -0.2) is 37.5 Å². The van der Waals surface area contributed by atoms with Crippen LogP contribution in [0.1, 0.15) is 5.56 Å². The Hall–Kier alpha value is -3.75. The molecule has 0 saturated carbocycles.